The van der Waals surface area contributed by atoms with Crippen molar-refractivity contribution >= 4 is 30.1 Å². The summed E-state index contributed by atoms with van der Waals surface area (Å²) in [6.45, 7) is 1.80. The van der Waals surface area contributed by atoms with Crippen molar-refractivity contribution in [1.82, 2.24) is 4.31 Å². The van der Waals surface area contributed by atoms with Gasteiger partial charge in [-0.25, -0.2) is 4.79 Å². The second-order valence-electron chi connectivity index (χ2n) is 5.02. The van der Waals surface area contributed by atoms with Crippen LogP contribution in [0.15, 0.2) is 47.4 Å². The number of nitrogens with zero attached hydrogens (tertiary/aromatic N) is 1. The third-order valence-corrected chi connectivity index (χ3v) is 4.61. The molecule has 1 amide bonds. The average molecular weight is 343 g/mol. The average Bonchev–Trinajstić information content (AvgIpc) is 2.62. The summed E-state index contributed by atoms with van der Waals surface area (Å²) >= 11 is 1.19. The molecule has 0 aliphatic heterocycles. The molecule has 0 aromatic heterocycles. The van der Waals surface area contributed by atoms with Gasteiger partial charge in [-0.15, -0.1) is 0 Å². The van der Waals surface area contributed by atoms with Gasteiger partial charge in [0.15, 0.2) is 6.29 Å². The number of hydrogen-bond donors (Lipinski definition) is 0. The topological polar surface area (TPSA) is 63.7 Å². The van der Waals surface area contributed by atoms with E-state index >= 15 is 0 Å². The molecule has 0 unspecified atom stereocenters. The summed E-state index contributed by atoms with van der Waals surface area (Å²) in [7, 11) is 2.95. The van der Waals surface area contributed by atoms with Crippen molar-refractivity contribution < 1.29 is 19.1 Å². The molecule has 0 aliphatic carbocycles. The number of rotatable bonds is 5. The molecule has 0 radical (unpaired) electrons. The molecule has 0 saturated heterocycles. The maximum Gasteiger partial charge on any atom is 0.338 e. The molecule has 2 aromatic carbocycles. The zero-order valence-electron chi connectivity index (χ0n) is 13.6. The first-order chi connectivity index (χ1) is 11.5. The third kappa shape index (κ3) is 3.65. The van der Waals surface area contributed by atoms with E-state index in [9.17, 15) is 14.4 Å². The molecule has 0 fully saturated rings. The number of carbonyl (C=O) groups excluding carboxylic acids is 3. The second-order valence-corrected chi connectivity index (χ2v) is 6.19. The molecule has 6 heteroatoms. The number of hydrogen-bond acceptors (Lipinski definition) is 5. The van der Waals surface area contributed by atoms with E-state index in [0.29, 0.717) is 23.0 Å². The quantitative estimate of drug-likeness (QED) is 0.473. The van der Waals surface area contributed by atoms with Gasteiger partial charge in [0.05, 0.1) is 18.2 Å². The molecule has 0 N–H and O–H groups in total. The lowest BCUT2D eigenvalue weighted by Crippen LogP contribution is -2.21. The van der Waals surface area contributed by atoms with E-state index in [-0.39, 0.29) is 5.91 Å². The van der Waals surface area contributed by atoms with Gasteiger partial charge >= 0.3 is 5.97 Å². The zero-order chi connectivity index (χ0) is 17.7. The highest BCUT2D eigenvalue weighted by Gasteiger charge is 2.19. The summed E-state index contributed by atoms with van der Waals surface area (Å²) < 4.78 is 6.19. The Labute approximate surface area is 144 Å². The van der Waals surface area contributed by atoms with Gasteiger partial charge in [-0.1, -0.05) is 24.3 Å². The summed E-state index contributed by atoms with van der Waals surface area (Å²) in [5.41, 5.74) is 1.87. The van der Waals surface area contributed by atoms with E-state index in [1.54, 1.807) is 50.4 Å². The lowest BCUT2D eigenvalue weighted by molar-refractivity contribution is 0.0599. The Balaban J connectivity index is 2.27. The fraction of sp³-hybridized carbons (Fsp3) is 0.167. The molecule has 0 aliphatic rings. The van der Waals surface area contributed by atoms with E-state index in [4.69, 9.17) is 4.74 Å². The van der Waals surface area contributed by atoms with Crippen LogP contribution in [0.1, 0.15) is 36.6 Å². The highest BCUT2D eigenvalue weighted by Crippen LogP contribution is 2.28. The number of aldehydes is 1. The van der Waals surface area contributed by atoms with Gasteiger partial charge in [0.2, 0.25) is 0 Å². The maximum absolute atomic E-state index is 12.6. The molecule has 0 spiro atoms. The van der Waals surface area contributed by atoms with Crippen LogP contribution in [0.4, 0.5) is 0 Å². The van der Waals surface area contributed by atoms with Gasteiger partial charge in [-0.05, 0) is 42.6 Å². The molecule has 0 heterocycles. The van der Waals surface area contributed by atoms with Crippen molar-refractivity contribution in [3.05, 3.63) is 64.7 Å². The summed E-state index contributed by atoms with van der Waals surface area (Å²) in [5.74, 6) is -0.708. The van der Waals surface area contributed by atoms with E-state index in [0.717, 1.165) is 10.5 Å². The molecule has 24 heavy (non-hydrogen) atoms. The predicted molar refractivity (Wildman–Crippen MR) is 92.3 cm³/mol. The number of carbonyl (C=O) groups is 3. The Kier molecular flexibility index (Phi) is 5.76. The molecule has 5 nitrogen and oxygen atoms in total. The van der Waals surface area contributed by atoms with Crippen LogP contribution in [-0.2, 0) is 4.74 Å². The van der Waals surface area contributed by atoms with Gasteiger partial charge in [0.25, 0.3) is 5.91 Å². The summed E-state index contributed by atoms with van der Waals surface area (Å²) in [4.78, 5) is 36.2. The minimum atomic E-state index is -0.421. The van der Waals surface area contributed by atoms with Crippen LogP contribution in [0, 0.1) is 6.92 Å². The Bertz CT molecular complexity index is 788. The smallest absolute Gasteiger partial charge is 0.338 e. The van der Waals surface area contributed by atoms with Crippen LogP contribution in [0.2, 0.25) is 0 Å². The molecule has 0 atom stereocenters. The normalized spacial score (nSPS) is 10.1. The number of esters is 1. The van der Waals surface area contributed by atoms with Crippen LogP contribution in [0.25, 0.3) is 0 Å². The molecular weight excluding hydrogens is 326 g/mol. The summed E-state index contributed by atoms with van der Waals surface area (Å²) in [6.07, 6.45) is 0.662. The summed E-state index contributed by atoms with van der Waals surface area (Å²) in [6, 6.07) is 11.9. The lowest BCUT2D eigenvalue weighted by atomic mass is 10.1. The lowest BCUT2D eigenvalue weighted by Gasteiger charge is -2.18. The molecule has 2 aromatic rings. The zero-order valence-corrected chi connectivity index (χ0v) is 14.4. The SMILES string of the molecule is COC(=O)c1cccc(SN(C)C(=O)c2ccccc2C=O)c1C. The van der Waals surface area contributed by atoms with E-state index < -0.39 is 5.97 Å². The van der Waals surface area contributed by atoms with Crippen molar-refractivity contribution in [2.75, 3.05) is 14.2 Å². The van der Waals surface area contributed by atoms with Crippen LogP contribution >= 0.6 is 11.9 Å². The minimum absolute atomic E-state index is 0.287. The fourth-order valence-corrected chi connectivity index (χ4v) is 3.06. The number of methoxy groups -OCH3 is 1. The first-order valence-electron chi connectivity index (χ1n) is 7.17. The fourth-order valence-electron chi connectivity index (χ4n) is 2.20. The predicted octanol–water partition coefficient (Wildman–Crippen LogP) is 3.37. The summed E-state index contributed by atoms with van der Waals surface area (Å²) in [5, 5.41) is 0. The Morgan fingerprint density at radius 3 is 2.42 bits per heavy atom. The van der Waals surface area contributed by atoms with Crippen LogP contribution in [0.5, 0.6) is 0 Å². The number of ether oxygens (including phenoxy) is 1. The Morgan fingerprint density at radius 1 is 1.08 bits per heavy atom. The second kappa shape index (κ2) is 7.79. The van der Waals surface area contributed by atoms with Gasteiger partial charge in [0.1, 0.15) is 0 Å². The minimum Gasteiger partial charge on any atom is -0.465 e. The van der Waals surface area contributed by atoms with Gasteiger partial charge < -0.3 is 4.74 Å². The van der Waals surface area contributed by atoms with Crippen molar-refractivity contribution in [3.8, 4) is 0 Å². The monoisotopic (exact) mass is 343 g/mol. The van der Waals surface area contributed by atoms with E-state index in [2.05, 4.69) is 0 Å². The molecule has 124 valence electrons. The van der Waals surface area contributed by atoms with Crippen LogP contribution < -0.4 is 0 Å². The first-order valence-corrected chi connectivity index (χ1v) is 7.95. The van der Waals surface area contributed by atoms with E-state index in [1.807, 2.05) is 6.07 Å². The molecule has 0 saturated carbocycles. The van der Waals surface area contributed by atoms with Gasteiger partial charge in [-0.2, -0.15) is 0 Å². The van der Waals surface area contributed by atoms with Crippen molar-refractivity contribution in [2.24, 2.45) is 0 Å². The van der Waals surface area contributed by atoms with Crippen LogP contribution in [-0.4, -0.2) is 36.6 Å². The molecular formula is C18H17NO4S. The van der Waals surface area contributed by atoms with Crippen molar-refractivity contribution in [3.63, 3.8) is 0 Å². The molecule has 0 bridgehead atoms. The highest BCUT2D eigenvalue weighted by atomic mass is 32.2. The number of benzene rings is 2. The number of amides is 1. The third-order valence-electron chi connectivity index (χ3n) is 3.53. The first kappa shape index (κ1) is 17.7. The standard InChI is InChI=1S/C18H17NO4S/c1-12-14(18(22)23-3)9-6-10-16(12)24-19(2)17(21)15-8-5-4-7-13(15)11-20/h4-11H,1-3H3. The van der Waals surface area contributed by atoms with Crippen LogP contribution in [0.3, 0.4) is 0 Å². The van der Waals surface area contributed by atoms with Crippen molar-refractivity contribution in [2.45, 2.75) is 11.8 Å². The maximum atomic E-state index is 12.6. The van der Waals surface area contributed by atoms with Crippen molar-refractivity contribution in [1.29, 1.82) is 0 Å². The van der Waals surface area contributed by atoms with Gasteiger partial charge in [-0.3, -0.25) is 13.9 Å². The van der Waals surface area contributed by atoms with Gasteiger partial charge in [0, 0.05) is 17.5 Å². The highest BCUT2D eigenvalue weighted by molar-refractivity contribution is 7.97. The Morgan fingerprint density at radius 2 is 1.75 bits per heavy atom. The molecule has 2 rings (SSSR count). The van der Waals surface area contributed by atoms with E-state index in [1.165, 1.54) is 23.4 Å². The Hall–Kier alpha value is -2.60. The largest absolute Gasteiger partial charge is 0.465 e.